The maximum absolute atomic E-state index is 11.9. The molecule has 0 aliphatic carbocycles. The Kier molecular flexibility index (Phi) is 6.47. The van der Waals surface area contributed by atoms with Crippen LogP contribution in [-0.2, 0) is 6.54 Å². The molecule has 1 aliphatic rings. The lowest BCUT2D eigenvalue weighted by Crippen LogP contribution is -2.44. The van der Waals surface area contributed by atoms with Crippen LogP contribution in [0.4, 0.5) is 4.79 Å². The minimum atomic E-state index is -0.110. The van der Waals surface area contributed by atoms with Crippen LogP contribution in [0.1, 0.15) is 18.4 Å². The normalized spacial score (nSPS) is 17.8. The summed E-state index contributed by atoms with van der Waals surface area (Å²) in [5, 5.41) is 5.92. The Balaban J connectivity index is 1.81. The zero-order valence-corrected chi connectivity index (χ0v) is 13.0. The van der Waals surface area contributed by atoms with Crippen LogP contribution in [0.3, 0.4) is 0 Å². The van der Waals surface area contributed by atoms with Crippen molar-refractivity contribution in [1.82, 2.24) is 10.6 Å². The number of ether oxygens (including phenoxy) is 1. The number of hydrogen-bond acceptors (Lipinski definition) is 3. The molecule has 1 fully saturated rings. The minimum Gasteiger partial charge on any atom is -0.489 e. The average molecular weight is 306 g/mol. The lowest BCUT2D eigenvalue weighted by molar-refractivity contribution is 0.236. The second-order valence-electron chi connectivity index (χ2n) is 4.95. The lowest BCUT2D eigenvalue weighted by Gasteiger charge is -2.22. The van der Waals surface area contributed by atoms with E-state index in [0.717, 1.165) is 23.5 Å². The summed E-state index contributed by atoms with van der Waals surface area (Å²) < 4.78 is 5.58. The Hall–Kier alpha value is -1.62. The molecule has 2 amide bonds. The fourth-order valence-corrected chi connectivity index (χ4v) is 3.28. The van der Waals surface area contributed by atoms with E-state index < -0.39 is 0 Å². The van der Waals surface area contributed by atoms with Crippen molar-refractivity contribution >= 4 is 17.8 Å². The molecule has 4 nitrogen and oxygen atoms in total. The molecule has 0 radical (unpaired) electrons. The van der Waals surface area contributed by atoms with E-state index in [1.807, 2.05) is 36.0 Å². The van der Waals surface area contributed by atoms with Crippen LogP contribution < -0.4 is 15.4 Å². The van der Waals surface area contributed by atoms with Crippen molar-refractivity contribution in [3.63, 3.8) is 0 Å². The highest BCUT2D eigenvalue weighted by atomic mass is 32.2. The number of carbonyl (C=O) groups excluding carboxylic acids is 1. The van der Waals surface area contributed by atoms with Crippen molar-refractivity contribution < 1.29 is 9.53 Å². The number of benzene rings is 1. The van der Waals surface area contributed by atoms with Gasteiger partial charge in [-0.2, -0.15) is 11.8 Å². The van der Waals surface area contributed by atoms with E-state index in [1.165, 1.54) is 12.2 Å². The zero-order valence-electron chi connectivity index (χ0n) is 12.1. The number of amides is 2. The molecule has 1 aromatic rings. The quantitative estimate of drug-likeness (QED) is 0.795. The summed E-state index contributed by atoms with van der Waals surface area (Å²) in [7, 11) is 0. The highest BCUT2D eigenvalue weighted by molar-refractivity contribution is 7.99. The van der Waals surface area contributed by atoms with Gasteiger partial charge in [-0.05, 0) is 24.7 Å². The zero-order chi connectivity index (χ0) is 14.9. The van der Waals surface area contributed by atoms with Gasteiger partial charge in [0.15, 0.2) is 0 Å². The van der Waals surface area contributed by atoms with Crippen molar-refractivity contribution in [1.29, 1.82) is 0 Å². The van der Waals surface area contributed by atoms with Crippen molar-refractivity contribution in [2.24, 2.45) is 0 Å². The monoisotopic (exact) mass is 306 g/mol. The maximum atomic E-state index is 11.9. The Bertz CT molecular complexity index is 473. The van der Waals surface area contributed by atoms with Gasteiger partial charge in [-0.25, -0.2) is 4.79 Å². The van der Waals surface area contributed by atoms with Crippen molar-refractivity contribution in [3.05, 3.63) is 42.5 Å². The van der Waals surface area contributed by atoms with Crippen LogP contribution >= 0.6 is 11.8 Å². The molecule has 1 heterocycles. The average Bonchev–Trinajstić information content (AvgIpc) is 2.52. The van der Waals surface area contributed by atoms with E-state index >= 15 is 0 Å². The lowest BCUT2D eigenvalue weighted by atomic mass is 10.2. The Morgan fingerprint density at radius 3 is 3.10 bits per heavy atom. The molecule has 1 aromatic carbocycles. The summed E-state index contributed by atoms with van der Waals surface area (Å²) in [5.41, 5.74) is 0.965. The van der Waals surface area contributed by atoms with Crippen molar-refractivity contribution in [2.75, 3.05) is 18.1 Å². The van der Waals surface area contributed by atoms with Gasteiger partial charge >= 0.3 is 6.03 Å². The number of carbonyl (C=O) groups is 1. The standard InChI is InChI=1S/C16H22N2O2S/c1-2-9-20-15-8-4-3-6-13(15)11-17-16(19)18-14-7-5-10-21-12-14/h2-4,6,8,14H,1,5,7,9-12H2,(H2,17,18,19). The topological polar surface area (TPSA) is 50.4 Å². The van der Waals surface area contributed by atoms with Gasteiger partial charge in [-0.3, -0.25) is 0 Å². The highest BCUT2D eigenvalue weighted by Crippen LogP contribution is 2.18. The molecule has 2 N–H and O–H groups in total. The van der Waals surface area contributed by atoms with Gasteiger partial charge in [0.25, 0.3) is 0 Å². The summed E-state index contributed by atoms with van der Waals surface area (Å²) in [6.07, 6.45) is 3.95. The third kappa shape index (κ3) is 5.34. The van der Waals surface area contributed by atoms with Gasteiger partial charge in [0, 0.05) is 23.9 Å². The molecule has 0 aromatic heterocycles. The van der Waals surface area contributed by atoms with Gasteiger partial charge in [-0.15, -0.1) is 0 Å². The summed E-state index contributed by atoms with van der Waals surface area (Å²) in [4.78, 5) is 11.9. The molecule has 1 unspecified atom stereocenters. The van der Waals surface area contributed by atoms with Crippen LogP contribution in [-0.4, -0.2) is 30.2 Å². The van der Waals surface area contributed by atoms with Crippen LogP contribution in [0.15, 0.2) is 36.9 Å². The third-order valence-corrected chi connectivity index (χ3v) is 4.48. The first-order chi connectivity index (χ1) is 10.3. The predicted molar refractivity (Wildman–Crippen MR) is 87.9 cm³/mol. The molecular formula is C16H22N2O2S. The van der Waals surface area contributed by atoms with Gasteiger partial charge in [0.2, 0.25) is 0 Å². The molecule has 114 valence electrons. The molecule has 0 bridgehead atoms. The summed E-state index contributed by atoms with van der Waals surface area (Å²) in [5.74, 6) is 2.99. The predicted octanol–water partition coefficient (Wildman–Crippen LogP) is 2.95. The van der Waals surface area contributed by atoms with Gasteiger partial charge < -0.3 is 15.4 Å². The smallest absolute Gasteiger partial charge is 0.315 e. The van der Waals surface area contributed by atoms with Crippen LogP contribution in [0.2, 0.25) is 0 Å². The molecule has 0 saturated carbocycles. The van der Waals surface area contributed by atoms with E-state index in [2.05, 4.69) is 17.2 Å². The Morgan fingerprint density at radius 1 is 1.48 bits per heavy atom. The van der Waals surface area contributed by atoms with E-state index in [1.54, 1.807) is 6.08 Å². The SMILES string of the molecule is C=CCOc1ccccc1CNC(=O)NC1CCCSC1. The summed E-state index contributed by atoms with van der Waals surface area (Å²) in [6, 6.07) is 7.89. The van der Waals surface area contributed by atoms with E-state index in [0.29, 0.717) is 13.2 Å². The summed E-state index contributed by atoms with van der Waals surface area (Å²) >= 11 is 1.90. The minimum absolute atomic E-state index is 0.110. The number of urea groups is 1. The second kappa shape index (κ2) is 8.62. The molecule has 1 atom stereocenters. The van der Waals surface area contributed by atoms with Crippen molar-refractivity contribution in [2.45, 2.75) is 25.4 Å². The van der Waals surface area contributed by atoms with Gasteiger partial charge in [0.05, 0.1) is 0 Å². The third-order valence-electron chi connectivity index (χ3n) is 3.26. The van der Waals surface area contributed by atoms with Gasteiger partial charge in [0.1, 0.15) is 12.4 Å². The Morgan fingerprint density at radius 2 is 2.33 bits per heavy atom. The number of hydrogen-bond donors (Lipinski definition) is 2. The van der Waals surface area contributed by atoms with Crippen LogP contribution in [0.25, 0.3) is 0 Å². The molecule has 1 aliphatic heterocycles. The molecular weight excluding hydrogens is 284 g/mol. The Labute approximate surface area is 130 Å². The first kappa shape index (κ1) is 15.8. The van der Waals surface area contributed by atoms with Gasteiger partial charge in [-0.1, -0.05) is 30.9 Å². The van der Waals surface area contributed by atoms with Crippen LogP contribution in [0, 0.1) is 0 Å². The number of rotatable bonds is 6. The molecule has 21 heavy (non-hydrogen) atoms. The number of thioether (sulfide) groups is 1. The summed E-state index contributed by atoms with van der Waals surface area (Å²) in [6.45, 7) is 4.56. The first-order valence-electron chi connectivity index (χ1n) is 7.23. The van der Waals surface area contributed by atoms with E-state index in [4.69, 9.17) is 4.74 Å². The highest BCUT2D eigenvalue weighted by Gasteiger charge is 2.15. The van der Waals surface area contributed by atoms with E-state index in [-0.39, 0.29) is 12.1 Å². The molecule has 0 spiro atoms. The molecule has 2 rings (SSSR count). The van der Waals surface area contributed by atoms with E-state index in [9.17, 15) is 4.79 Å². The number of para-hydroxylation sites is 1. The largest absolute Gasteiger partial charge is 0.489 e. The van der Waals surface area contributed by atoms with Crippen LogP contribution in [0.5, 0.6) is 5.75 Å². The van der Waals surface area contributed by atoms with Crippen molar-refractivity contribution in [3.8, 4) is 5.75 Å². The fraction of sp³-hybridized carbons (Fsp3) is 0.438. The molecule has 5 heteroatoms. The fourth-order valence-electron chi connectivity index (χ4n) is 2.21. The molecule has 1 saturated heterocycles. The second-order valence-corrected chi connectivity index (χ2v) is 6.10. The maximum Gasteiger partial charge on any atom is 0.315 e. The number of nitrogens with one attached hydrogen (secondary N) is 2. The first-order valence-corrected chi connectivity index (χ1v) is 8.39.